The molecule has 0 radical (unpaired) electrons. The smallest absolute Gasteiger partial charge is 0.0547 e. The topological polar surface area (TPSA) is 44.1 Å². The van der Waals surface area contributed by atoms with Crippen LogP contribution < -0.4 is 0 Å². The van der Waals surface area contributed by atoms with Crippen molar-refractivity contribution in [2.45, 2.75) is 111 Å². The molecule has 0 aliphatic heterocycles. The quantitative estimate of drug-likeness (QED) is 0.507. The summed E-state index contributed by atoms with van der Waals surface area (Å²) in [6, 6.07) is 0. The standard InChI is InChI=1S/C27H47NO/c1-17(2)7-6-8-18(3)21-9-10-22-20-16-25(28)24-15-19(29)11-13-27(24,5)23(20)12-14-26(21,22)4/h17-24,28-29H,6-16H2,1-5H3/t18-,19+,20+,21-,22+,23+,24?,26-,27-/m1/s1. The van der Waals surface area contributed by atoms with Crippen LogP contribution >= 0.6 is 0 Å². The highest BCUT2D eigenvalue weighted by molar-refractivity contribution is 5.86. The lowest BCUT2D eigenvalue weighted by molar-refractivity contribution is -0.0941. The van der Waals surface area contributed by atoms with Gasteiger partial charge in [-0.1, -0.05) is 53.9 Å². The molecule has 4 fully saturated rings. The highest BCUT2D eigenvalue weighted by Crippen LogP contribution is 2.67. The predicted molar refractivity (Wildman–Crippen MR) is 122 cm³/mol. The third kappa shape index (κ3) is 3.64. The fraction of sp³-hybridized carbons (Fsp3) is 0.963. The molecule has 0 aromatic carbocycles. The van der Waals surface area contributed by atoms with Crippen molar-refractivity contribution in [2.75, 3.05) is 0 Å². The van der Waals surface area contributed by atoms with Crippen LogP contribution in [0.2, 0.25) is 0 Å². The molecule has 2 heteroatoms. The van der Waals surface area contributed by atoms with E-state index in [1.165, 1.54) is 44.9 Å². The number of fused-ring (bicyclic) bond motifs is 5. The van der Waals surface area contributed by atoms with Crippen LogP contribution in [0.1, 0.15) is 105 Å². The maximum absolute atomic E-state index is 10.3. The van der Waals surface area contributed by atoms with Gasteiger partial charge in [0.05, 0.1) is 6.10 Å². The Labute approximate surface area is 180 Å². The van der Waals surface area contributed by atoms with Crippen molar-refractivity contribution in [2.24, 2.45) is 52.3 Å². The molecule has 4 rings (SSSR count). The Morgan fingerprint density at radius 2 is 1.66 bits per heavy atom. The first-order valence-corrected chi connectivity index (χ1v) is 12.9. The van der Waals surface area contributed by atoms with E-state index in [1.807, 2.05) is 0 Å². The number of nitrogens with one attached hydrogen (secondary N) is 1. The number of aliphatic hydroxyl groups is 1. The molecule has 166 valence electrons. The average molecular weight is 402 g/mol. The maximum atomic E-state index is 10.3. The van der Waals surface area contributed by atoms with Crippen molar-refractivity contribution in [1.82, 2.24) is 0 Å². The maximum Gasteiger partial charge on any atom is 0.0547 e. The molecule has 29 heavy (non-hydrogen) atoms. The van der Waals surface area contributed by atoms with E-state index >= 15 is 0 Å². The molecular weight excluding hydrogens is 354 g/mol. The molecule has 2 N–H and O–H groups in total. The highest BCUT2D eigenvalue weighted by atomic mass is 16.3. The van der Waals surface area contributed by atoms with Crippen LogP contribution in [0.15, 0.2) is 0 Å². The molecule has 0 saturated heterocycles. The molecule has 0 amide bonds. The minimum atomic E-state index is -0.165. The van der Waals surface area contributed by atoms with Crippen LogP contribution in [0, 0.1) is 57.7 Å². The van der Waals surface area contributed by atoms with Crippen molar-refractivity contribution >= 4 is 5.71 Å². The number of hydrogen-bond donors (Lipinski definition) is 2. The molecule has 0 spiro atoms. The van der Waals surface area contributed by atoms with E-state index in [-0.39, 0.29) is 11.5 Å². The van der Waals surface area contributed by atoms with Gasteiger partial charge in [0.2, 0.25) is 0 Å². The summed E-state index contributed by atoms with van der Waals surface area (Å²) in [6.07, 6.45) is 13.6. The van der Waals surface area contributed by atoms with Crippen molar-refractivity contribution in [3.05, 3.63) is 0 Å². The van der Waals surface area contributed by atoms with Gasteiger partial charge >= 0.3 is 0 Å². The van der Waals surface area contributed by atoms with Crippen LogP contribution in [-0.4, -0.2) is 16.9 Å². The lowest BCUT2D eigenvalue weighted by Crippen LogP contribution is -2.57. The summed E-state index contributed by atoms with van der Waals surface area (Å²) in [5.74, 6) is 5.31. The molecule has 4 aliphatic rings. The van der Waals surface area contributed by atoms with Gasteiger partial charge in [-0.3, -0.25) is 0 Å². The van der Waals surface area contributed by atoms with Gasteiger partial charge in [0.1, 0.15) is 0 Å². The SMILES string of the molecule is CC(C)CCC[C@@H](C)[C@H]1CC[C@H]2[C@@H]3CC(=N)C4C[C@@H](O)CC[C@]4(C)[C@H]3CC[C@]12C. The van der Waals surface area contributed by atoms with Crippen molar-refractivity contribution in [3.8, 4) is 0 Å². The Kier molecular flexibility index (Phi) is 5.99. The van der Waals surface area contributed by atoms with Crippen LogP contribution in [0.25, 0.3) is 0 Å². The summed E-state index contributed by atoms with van der Waals surface area (Å²) >= 11 is 0. The Hall–Kier alpha value is -0.370. The second-order valence-electron chi connectivity index (χ2n) is 12.6. The summed E-state index contributed by atoms with van der Waals surface area (Å²) in [5, 5.41) is 19.2. The van der Waals surface area contributed by atoms with Crippen molar-refractivity contribution in [3.63, 3.8) is 0 Å². The first kappa shape index (κ1) is 21.8. The molecule has 4 saturated carbocycles. The normalized spacial score (nSPS) is 48.2. The number of hydrogen-bond acceptors (Lipinski definition) is 2. The van der Waals surface area contributed by atoms with Gasteiger partial charge < -0.3 is 10.5 Å². The first-order chi connectivity index (χ1) is 13.7. The second kappa shape index (κ2) is 7.95. The fourth-order valence-corrected chi connectivity index (χ4v) is 9.11. The van der Waals surface area contributed by atoms with Crippen LogP contribution in [0.4, 0.5) is 0 Å². The fourth-order valence-electron chi connectivity index (χ4n) is 9.11. The zero-order valence-corrected chi connectivity index (χ0v) is 19.8. The lowest BCUT2D eigenvalue weighted by Gasteiger charge is -2.61. The van der Waals surface area contributed by atoms with E-state index in [9.17, 15) is 5.11 Å². The molecule has 0 aromatic heterocycles. The Morgan fingerprint density at radius 3 is 2.38 bits per heavy atom. The summed E-state index contributed by atoms with van der Waals surface area (Å²) < 4.78 is 0. The number of rotatable bonds is 5. The van der Waals surface area contributed by atoms with E-state index in [0.717, 1.165) is 66.9 Å². The molecule has 0 bridgehead atoms. The number of aliphatic hydroxyl groups excluding tert-OH is 1. The summed E-state index contributed by atoms with van der Waals surface area (Å²) in [6.45, 7) is 12.4. The van der Waals surface area contributed by atoms with Gasteiger partial charge in [-0.2, -0.15) is 0 Å². The Bertz CT molecular complexity index is 614. The van der Waals surface area contributed by atoms with Crippen LogP contribution in [-0.2, 0) is 0 Å². The van der Waals surface area contributed by atoms with Gasteiger partial charge in [-0.25, -0.2) is 0 Å². The largest absolute Gasteiger partial charge is 0.393 e. The van der Waals surface area contributed by atoms with E-state index in [2.05, 4.69) is 34.6 Å². The molecule has 1 unspecified atom stereocenters. The zero-order chi connectivity index (χ0) is 21.0. The van der Waals surface area contributed by atoms with Gasteiger partial charge in [0.15, 0.2) is 0 Å². The predicted octanol–water partition coefficient (Wildman–Crippen LogP) is 7.10. The highest BCUT2D eigenvalue weighted by Gasteiger charge is 2.61. The average Bonchev–Trinajstić information content (AvgIpc) is 3.00. The molecule has 0 aromatic rings. The van der Waals surface area contributed by atoms with Gasteiger partial charge in [-0.15, -0.1) is 0 Å². The van der Waals surface area contributed by atoms with E-state index < -0.39 is 0 Å². The summed E-state index contributed by atoms with van der Waals surface area (Å²) in [4.78, 5) is 0. The van der Waals surface area contributed by atoms with Crippen molar-refractivity contribution in [1.29, 1.82) is 5.41 Å². The molecular formula is C27H47NO. The van der Waals surface area contributed by atoms with Crippen LogP contribution in [0.3, 0.4) is 0 Å². The Balaban J connectivity index is 1.50. The molecule has 0 heterocycles. The van der Waals surface area contributed by atoms with E-state index in [0.29, 0.717) is 11.3 Å². The third-order valence-corrected chi connectivity index (χ3v) is 10.7. The zero-order valence-electron chi connectivity index (χ0n) is 19.8. The lowest BCUT2D eigenvalue weighted by atomic mass is 9.44. The molecule has 4 aliphatic carbocycles. The van der Waals surface area contributed by atoms with Crippen LogP contribution in [0.5, 0.6) is 0 Å². The van der Waals surface area contributed by atoms with Gasteiger partial charge in [-0.05, 0) is 97.7 Å². The van der Waals surface area contributed by atoms with E-state index in [4.69, 9.17) is 5.41 Å². The Morgan fingerprint density at radius 1 is 0.966 bits per heavy atom. The monoisotopic (exact) mass is 401 g/mol. The molecule has 9 atom stereocenters. The van der Waals surface area contributed by atoms with E-state index in [1.54, 1.807) is 0 Å². The first-order valence-electron chi connectivity index (χ1n) is 12.9. The van der Waals surface area contributed by atoms with Crippen molar-refractivity contribution < 1.29 is 5.11 Å². The minimum Gasteiger partial charge on any atom is -0.393 e. The molecule has 2 nitrogen and oxygen atoms in total. The van der Waals surface area contributed by atoms with Gasteiger partial charge in [0, 0.05) is 11.6 Å². The summed E-state index contributed by atoms with van der Waals surface area (Å²) in [7, 11) is 0. The second-order valence-corrected chi connectivity index (χ2v) is 12.6. The van der Waals surface area contributed by atoms with Gasteiger partial charge in [0.25, 0.3) is 0 Å². The third-order valence-electron chi connectivity index (χ3n) is 10.7. The summed E-state index contributed by atoms with van der Waals surface area (Å²) in [5.41, 5.74) is 1.78. The minimum absolute atomic E-state index is 0.165.